The van der Waals surface area contributed by atoms with Crippen molar-refractivity contribution < 1.29 is 14.3 Å². The van der Waals surface area contributed by atoms with E-state index in [1.54, 1.807) is 7.11 Å². The maximum Gasteiger partial charge on any atom is 0.227 e. The molecule has 0 radical (unpaired) electrons. The van der Waals surface area contributed by atoms with E-state index in [1.165, 1.54) is 0 Å². The zero-order valence-electron chi connectivity index (χ0n) is 15.4. The summed E-state index contributed by atoms with van der Waals surface area (Å²) < 4.78 is 11.0. The molecule has 0 aromatic heterocycles. The van der Waals surface area contributed by atoms with Crippen LogP contribution in [0, 0.1) is 0 Å². The number of nitrogens with one attached hydrogen (secondary N) is 1. The molecule has 2 aromatic carbocycles. The van der Waals surface area contributed by atoms with Crippen LogP contribution in [0.15, 0.2) is 48.5 Å². The molecule has 1 N–H and O–H groups in total. The Morgan fingerprint density at radius 3 is 2.69 bits per heavy atom. The first-order chi connectivity index (χ1) is 12.7. The first-order valence-electron chi connectivity index (χ1n) is 9.07. The van der Waals surface area contributed by atoms with Crippen molar-refractivity contribution in [2.45, 2.75) is 19.4 Å². The van der Waals surface area contributed by atoms with E-state index in [0.29, 0.717) is 19.6 Å². The monoisotopic (exact) mass is 354 g/mol. The van der Waals surface area contributed by atoms with Gasteiger partial charge in [-0.05, 0) is 30.7 Å². The highest BCUT2D eigenvalue weighted by Gasteiger charge is 2.29. The normalized spacial score (nSPS) is 17.0. The molecule has 1 aliphatic heterocycles. The molecule has 2 aromatic rings. The van der Waals surface area contributed by atoms with Crippen molar-refractivity contribution in [2.24, 2.45) is 0 Å². The lowest BCUT2D eigenvalue weighted by Gasteiger charge is -2.37. The summed E-state index contributed by atoms with van der Waals surface area (Å²) in [6, 6.07) is 15.7. The van der Waals surface area contributed by atoms with Gasteiger partial charge < -0.3 is 19.7 Å². The average Bonchev–Trinajstić information content (AvgIpc) is 2.69. The summed E-state index contributed by atoms with van der Waals surface area (Å²) in [5, 5.41) is 3.39. The minimum atomic E-state index is -0.0184. The van der Waals surface area contributed by atoms with Gasteiger partial charge in [0.2, 0.25) is 5.91 Å². The van der Waals surface area contributed by atoms with Crippen LogP contribution in [0.25, 0.3) is 0 Å². The first kappa shape index (κ1) is 18.3. The Kier molecular flexibility index (Phi) is 6.12. The average molecular weight is 354 g/mol. The fourth-order valence-corrected chi connectivity index (χ4v) is 3.37. The lowest BCUT2D eigenvalue weighted by atomic mass is 10.0. The van der Waals surface area contributed by atoms with Crippen LogP contribution >= 0.6 is 0 Å². The maximum absolute atomic E-state index is 13.0. The molecule has 1 unspecified atom stereocenters. The molecular weight excluding hydrogens is 328 g/mol. The standard InChI is InChI=1S/C21H26N2O3/c1-3-26-17-10-8-16(9-11-17)14-21(24)23-13-12-22-15-19(23)18-6-4-5-7-20(18)25-2/h4-11,19,22H,3,12-15H2,1-2H3. The number of ether oxygens (including phenoxy) is 2. The van der Waals surface area contributed by atoms with Gasteiger partial charge in [-0.3, -0.25) is 4.79 Å². The molecule has 1 saturated heterocycles. The summed E-state index contributed by atoms with van der Waals surface area (Å²) in [7, 11) is 1.67. The van der Waals surface area contributed by atoms with Crippen LogP contribution < -0.4 is 14.8 Å². The molecule has 1 heterocycles. The number of piperazine rings is 1. The number of hydrogen-bond acceptors (Lipinski definition) is 4. The quantitative estimate of drug-likeness (QED) is 0.867. The van der Waals surface area contributed by atoms with E-state index < -0.39 is 0 Å². The Balaban J connectivity index is 1.75. The summed E-state index contributed by atoms with van der Waals surface area (Å²) in [6.45, 7) is 4.83. The van der Waals surface area contributed by atoms with Gasteiger partial charge in [-0.1, -0.05) is 30.3 Å². The molecule has 5 heteroatoms. The number of nitrogens with zero attached hydrogens (tertiary/aromatic N) is 1. The molecule has 0 saturated carbocycles. The van der Waals surface area contributed by atoms with Crippen molar-refractivity contribution in [3.63, 3.8) is 0 Å². The molecule has 1 aliphatic rings. The summed E-state index contributed by atoms with van der Waals surface area (Å²) in [4.78, 5) is 15.0. The topological polar surface area (TPSA) is 50.8 Å². The Labute approximate surface area is 154 Å². The fourth-order valence-electron chi connectivity index (χ4n) is 3.37. The van der Waals surface area contributed by atoms with Gasteiger partial charge in [-0.25, -0.2) is 0 Å². The van der Waals surface area contributed by atoms with Crippen molar-refractivity contribution in [1.82, 2.24) is 10.2 Å². The number of methoxy groups -OCH3 is 1. The van der Waals surface area contributed by atoms with Crippen LogP contribution in [-0.2, 0) is 11.2 Å². The summed E-state index contributed by atoms with van der Waals surface area (Å²) in [5.74, 6) is 1.78. The van der Waals surface area contributed by atoms with Gasteiger partial charge in [0.05, 0.1) is 26.2 Å². The Hall–Kier alpha value is -2.53. The van der Waals surface area contributed by atoms with Gasteiger partial charge in [-0.15, -0.1) is 0 Å². The van der Waals surface area contributed by atoms with E-state index in [9.17, 15) is 4.79 Å². The van der Waals surface area contributed by atoms with Crippen molar-refractivity contribution in [1.29, 1.82) is 0 Å². The number of benzene rings is 2. The van der Waals surface area contributed by atoms with Crippen LogP contribution in [0.2, 0.25) is 0 Å². The Bertz CT molecular complexity index is 730. The number of para-hydroxylation sites is 1. The minimum Gasteiger partial charge on any atom is -0.496 e. The maximum atomic E-state index is 13.0. The third-order valence-corrected chi connectivity index (χ3v) is 4.65. The highest BCUT2D eigenvalue weighted by molar-refractivity contribution is 5.79. The number of rotatable bonds is 6. The molecule has 1 atom stereocenters. The van der Waals surface area contributed by atoms with Gasteiger partial charge in [0, 0.05) is 25.2 Å². The van der Waals surface area contributed by atoms with Gasteiger partial charge >= 0.3 is 0 Å². The van der Waals surface area contributed by atoms with Crippen molar-refractivity contribution in [3.8, 4) is 11.5 Å². The Morgan fingerprint density at radius 2 is 1.96 bits per heavy atom. The number of carbonyl (C=O) groups is 1. The molecule has 0 aliphatic carbocycles. The molecule has 1 amide bonds. The second-order valence-corrected chi connectivity index (χ2v) is 6.30. The van der Waals surface area contributed by atoms with Crippen LogP contribution in [0.3, 0.4) is 0 Å². The van der Waals surface area contributed by atoms with Crippen molar-refractivity contribution in [3.05, 3.63) is 59.7 Å². The van der Waals surface area contributed by atoms with Gasteiger partial charge in [-0.2, -0.15) is 0 Å². The summed E-state index contributed by atoms with van der Waals surface area (Å²) in [6.07, 6.45) is 0.387. The number of amides is 1. The first-order valence-corrected chi connectivity index (χ1v) is 9.07. The molecule has 0 bridgehead atoms. The Morgan fingerprint density at radius 1 is 1.19 bits per heavy atom. The molecule has 138 valence electrons. The summed E-state index contributed by atoms with van der Waals surface area (Å²) >= 11 is 0. The zero-order valence-corrected chi connectivity index (χ0v) is 15.4. The third kappa shape index (κ3) is 4.17. The lowest BCUT2D eigenvalue weighted by molar-refractivity contribution is -0.133. The molecule has 0 spiro atoms. The van der Waals surface area contributed by atoms with Crippen LogP contribution in [0.4, 0.5) is 0 Å². The van der Waals surface area contributed by atoms with Gasteiger partial charge in [0.1, 0.15) is 11.5 Å². The third-order valence-electron chi connectivity index (χ3n) is 4.65. The van der Waals surface area contributed by atoms with Crippen molar-refractivity contribution in [2.75, 3.05) is 33.4 Å². The molecule has 5 nitrogen and oxygen atoms in total. The van der Waals surface area contributed by atoms with E-state index in [1.807, 2.05) is 60.4 Å². The largest absolute Gasteiger partial charge is 0.496 e. The zero-order chi connectivity index (χ0) is 18.4. The van der Waals surface area contributed by atoms with Crippen LogP contribution in [-0.4, -0.2) is 44.2 Å². The summed E-state index contributed by atoms with van der Waals surface area (Å²) in [5.41, 5.74) is 2.04. The predicted molar refractivity (Wildman–Crippen MR) is 102 cm³/mol. The molecule has 26 heavy (non-hydrogen) atoms. The fraction of sp³-hybridized carbons (Fsp3) is 0.381. The van der Waals surface area contributed by atoms with E-state index in [0.717, 1.165) is 35.7 Å². The molecule has 1 fully saturated rings. The smallest absolute Gasteiger partial charge is 0.227 e. The highest BCUT2D eigenvalue weighted by Crippen LogP contribution is 2.30. The predicted octanol–water partition coefficient (Wildman–Crippen LogP) is 2.81. The lowest BCUT2D eigenvalue weighted by Crippen LogP contribution is -2.49. The second-order valence-electron chi connectivity index (χ2n) is 6.30. The van der Waals surface area contributed by atoms with Crippen LogP contribution in [0.5, 0.6) is 11.5 Å². The molecule has 3 rings (SSSR count). The van der Waals surface area contributed by atoms with Gasteiger partial charge in [0.15, 0.2) is 0 Å². The number of carbonyl (C=O) groups excluding carboxylic acids is 1. The van der Waals surface area contributed by atoms with E-state index in [4.69, 9.17) is 9.47 Å². The number of hydrogen-bond donors (Lipinski definition) is 1. The molecular formula is C21H26N2O3. The van der Waals surface area contributed by atoms with Crippen molar-refractivity contribution >= 4 is 5.91 Å². The van der Waals surface area contributed by atoms with Crippen LogP contribution in [0.1, 0.15) is 24.1 Å². The van der Waals surface area contributed by atoms with Gasteiger partial charge in [0.25, 0.3) is 0 Å². The second kappa shape index (κ2) is 8.72. The van der Waals surface area contributed by atoms with E-state index >= 15 is 0 Å². The van der Waals surface area contributed by atoms with E-state index in [2.05, 4.69) is 5.32 Å². The minimum absolute atomic E-state index is 0.0184. The highest BCUT2D eigenvalue weighted by atomic mass is 16.5. The van der Waals surface area contributed by atoms with E-state index in [-0.39, 0.29) is 11.9 Å². The SMILES string of the molecule is CCOc1ccc(CC(=O)N2CCNCC2c2ccccc2OC)cc1.